The van der Waals surface area contributed by atoms with Crippen LogP contribution in [0.2, 0.25) is 0 Å². The number of hydrogen-bond acceptors (Lipinski definition) is 11. The fraction of sp³-hybridized carbons (Fsp3) is 0.439. The second-order valence-corrected chi connectivity index (χ2v) is 18.0. The third kappa shape index (κ3) is 7.53. The van der Waals surface area contributed by atoms with Gasteiger partial charge in [-0.15, -0.1) is 5.10 Å². The molecule has 0 radical (unpaired) electrons. The first kappa shape index (κ1) is 39.0. The van der Waals surface area contributed by atoms with E-state index in [1.54, 1.807) is 41.3 Å². The Bertz CT molecular complexity index is 2510. The summed E-state index contributed by atoms with van der Waals surface area (Å²) < 4.78 is 68.0. The van der Waals surface area contributed by atoms with Crippen LogP contribution >= 0.6 is 0 Å². The van der Waals surface area contributed by atoms with Gasteiger partial charge in [0.05, 0.1) is 23.6 Å². The Balaban J connectivity index is 0.776. The molecule has 3 aliphatic heterocycles. The van der Waals surface area contributed by atoms with Crippen LogP contribution in [0.3, 0.4) is 0 Å². The SMILES string of the molecule is CCOc1c(-c2cn[nH]c2)ccn2nc(Nc3ccc(S(=O)(=O)NC4CC(N5CCC6(CCN(c7cc(F)c(C8CCC(=O)NC8=O)c(F)c7)CC6)C5)C4)cc3C)nc12. The maximum Gasteiger partial charge on any atom is 0.247 e. The van der Waals surface area contributed by atoms with Crippen LogP contribution < -0.4 is 25.0 Å². The molecule has 59 heavy (non-hydrogen) atoms. The molecule has 2 amide bonds. The number of nitrogens with one attached hydrogen (secondary N) is 4. The number of anilines is 3. The number of piperidine rings is 2. The number of fused-ring (bicyclic) bond motifs is 1. The number of amides is 2. The molecule has 6 heterocycles. The molecular weight excluding hydrogens is 783 g/mol. The zero-order valence-corrected chi connectivity index (χ0v) is 33.6. The smallest absolute Gasteiger partial charge is 0.247 e. The second-order valence-electron chi connectivity index (χ2n) is 16.3. The first-order valence-electron chi connectivity index (χ1n) is 20.1. The lowest BCUT2D eigenvalue weighted by Crippen LogP contribution is -2.53. The number of benzene rings is 2. The number of likely N-dealkylation sites (tertiary alicyclic amines) is 1. The van der Waals surface area contributed by atoms with Gasteiger partial charge in [0.15, 0.2) is 11.4 Å². The topological polar surface area (TPSA) is 179 Å². The molecule has 18 heteroatoms. The van der Waals surface area contributed by atoms with E-state index in [1.165, 1.54) is 12.1 Å². The summed E-state index contributed by atoms with van der Waals surface area (Å²) in [6, 6.07) is 9.57. The van der Waals surface area contributed by atoms with Crippen molar-refractivity contribution >= 4 is 44.8 Å². The largest absolute Gasteiger partial charge is 0.489 e. The molecule has 1 atom stereocenters. The summed E-state index contributed by atoms with van der Waals surface area (Å²) in [5, 5.41) is 16.8. The fourth-order valence-corrected chi connectivity index (χ4v) is 10.6. The molecule has 4 N–H and O–H groups in total. The molecule has 4 aliphatic rings. The van der Waals surface area contributed by atoms with Gasteiger partial charge in [-0.1, -0.05) is 0 Å². The van der Waals surface area contributed by atoms with Gasteiger partial charge >= 0.3 is 0 Å². The molecule has 1 unspecified atom stereocenters. The Morgan fingerprint density at radius 1 is 1.03 bits per heavy atom. The minimum absolute atomic E-state index is 0.0462. The van der Waals surface area contributed by atoms with Crippen molar-refractivity contribution in [1.29, 1.82) is 0 Å². The van der Waals surface area contributed by atoms with Crippen LogP contribution in [-0.2, 0) is 19.6 Å². The lowest BCUT2D eigenvalue weighted by atomic mass is 9.77. The van der Waals surface area contributed by atoms with Gasteiger partial charge in [0.25, 0.3) is 0 Å². The highest BCUT2D eigenvalue weighted by molar-refractivity contribution is 7.89. The summed E-state index contributed by atoms with van der Waals surface area (Å²) in [4.78, 5) is 33.2. The summed E-state index contributed by atoms with van der Waals surface area (Å²) in [6.45, 7) is 7.33. The number of pyridine rings is 1. The van der Waals surface area contributed by atoms with Crippen molar-refractivity contribution in [3.63, 3.8) is 0 Å². The highest BCUT2D eigenvalue weighted by Gasteiger charge is 2.46. The van der Waals surface area contributed by atoms with Gasteiger partial charge in [-0.3, -0.25) is 24.9 Å². The maximum absolute atomic E-state index is 15.2. The van der Waals surface area contributed by atoms with Gasteiger partial charge in [-0.05, 0) is 106 Å². The number of nitrogens with zero attached hydrogens (tertiary/aromatic N) is 6. The third-order valence-corrected chi connectivity index (χ3v) is 14.1. The fourth-order valence-electron chi connectivity index (χ4n) is 9.21. The van der Waals surface area contributed by atoms with E-state index in [0.29, 0.717) is 48.4 Å². The standard InChI is InChI=1S/C41H46F2N10O5S/c1-3-58-37-30(25-21-44-45-22-25)8-12-53-38(37)48-40(49-53)46-34-6-4-29(16-24(34)2)59(56,57)50-26-17-27(18-26)52-15-11-41(23-52)9-13-51(14-10-41)28-19-32(42)36(33(43)20-28)31-5-7-35(54)47-39(31)55/h4,6,8,12,16,19-22,26-27,31,50H,3,5,7,9-11,13-15,17-18,23H2,1-2H3,(H,44,45)(H,46,49)(H,47,54,55). The average molecular weight is 829 g/mol. The van der Waals surface area contributed by atoms with E-state index < -0.39 is 39.4 Å². The quantitative estimate of drug-likeness (QED) is 0.129. The monoisotopic (exact) mass is 828 g/mol. The summed E-state index contributed by atoms with van der Waals surface area (Å²) in [5.41, 5.74) is 3.90. The molecule has 1 aliphatic carbocycles. The number of H-pyrrole nitrogens is 1. The van der Waals surface area contributed by atoms with Gasteiger partial charge in [0.2, 0.25) is 27.8 Å². The van der Waals surface area contributed by atoms with E-state index in [2.05, 4.69) is 40.5 Å². The predicted octanol–water partition coefficient (Wildman–Crippen LogP) is 5.17. The molecular formula is C41H46F2N10O5S. The van der Waals surface area contributed by atoms with Crippen molar-refractivity contribution in [2.45, 2.75) is 81.7 Å². The molecule has 1 saturated carbocycles. The molecule has 5 aromatic rings. The number of aromatic nitrogens is 5. The zero-order chi connectivity index (χ0) is 41.1. The molecule has 0 bridgehead atoms. The number of carbonyl (C=O) groups excluding carboxylic acids is 2. The van der Waals surface area contributed by atoms with Crippen molar-refractivity contribution in [2.75, 3.05) is 43.0 Å². The number of halogens is 2. The zero-order valence-electron chi connectivity index (χ0n) is 32.8. The Morgan fingerprint density at radius 3 is 2.49 bits per heavy atom. The van der Waals surface area contributed by atoms with E-state index in [9.17, 15) is 18.0 Å². The van der Waals surface area contributed by atoms with E-state index >= 15 is 8.78 Å². The van der Waals surface area contributed by atoms with Crippen LogP contribution in [0.1, 0.15) is 68.9 Å². The average Bonchev–Trinajstić information content (AvgIpc) is 3.96. The minimum atomic E-state index is -3.77. The Labute approximate surface area is 339 Å². The van der Waals surface area contributed by atoms with Gasteiger partial charge in [0, 0.05) is 78.6 Å². The maximum atomic E-state index is 15.2. The van der Waals surface area contributed by atoms with Crippen LogP contribution in [0.5, 0.6) is 5.75 Å². The van der Waals surface area contributed by atoms with Gasteiger partial charge in [-0.25, -0.2) is 26.4 Å². The number of rotatable bonds is 11. The molecule has 4 fully saturated rings. The van der Waals surface area contributed by atoms with Crippen molar-refractivity contribution in [3.8, 4) is 16.9 Å². The van der Waals surface area contributed by atoms with Crippen LogP contribution in [0.25, 0.3) is 16.8 Å². The van der Waals surface area contributed by atoms with Crippen molar-refractivity contribution in [2.24, 2.45) is 5.41 Å². The second kappa shape index (κ2) is 15.3. The molecule has 3 saturated heterocycles. The highest BCUT2D eigenvalue weighted by Crippen LogP contribution is 2.45. The lowest BCUT2D eigenvalue weighted by Gasteiger charge is -2.44. The number of carbonyl (C=O) groups is 2. The number of sulfonamides is 1. The molecule has 1 spiro atoms. The Hall–Kier alpha value is -5.46. The summed E-state index contributed by atoms with van der Waals surface area (Å²) in [6.07, 6.45) is 9.65. The van der Waals surface area contributed by atoms with E-state index in [4.69, 9.17) is 4.74 Å². The van der Waals surface area contributed by atoms with E-state index in [0.717, 1.165) is 61.9 Å². The van der Waals surface area contributed by atoms with Crippen LogP contribution in [0.4, 0.5) is 26.1 Å². The number of imide groups is 1. The van der Waals surface area contributed by atoms with Crippen LogP contribution in [-0.4, -0.2) is 94.8 Å². The molecule has 2 aromatic carbocycles. The van der Waals surface area contributed by atoms with Crippen LogP contribution in [0.15, 0.2) is 59.9 Å². The Morgan fingerprint density at radius 2 is 1.80 bits per heavy atom. The van der Waals surface area contributed by atoms with Crippen molar-refractivity contribution in [3.05, 3.63) is 77.8 Å². The predicted molar refractivity (Wildman–Crippen MR) is 215 cm³/mol. The molecule has 310 valence electrons. The number of hydrogen-bond donors (Lipinski definition) is 4. The van der Waals surface area contributed by atoms with Gasteiger partial charge < -0.3 is 15.0 Å². The van der Waals surface area contributed by atoms with E-state index in [-0.39, 0.29) is 40.8 Å². The first-order chi connectivity index (χ1) is 28.4. The number of aromatic amines is 1. The first-order valence-corrected chi connectivity index (χ1v) is 21.6. The normalized spacial score (nSPS) is 22.2. The number of ether oxygens (including phenoxy) is 1. The Kier molecular flexibility index (Phi) is 10.1. The van der Waals surface area contributed by atoms with Gasteiger partial charge in [-0.2, -0.15) is 10.1 Å². The summed E-state index contributed by atoms with van der Waals surface area (Å²) >= 11 is 0. The van der Waals surface area contributed by atoms with Crippen molar-refractivity contribution in [1.82, 2.24) is 39.7 Å². The summed E-state index contributed by atoms with van der Waals surface area (Å²) in [5.74, 6) is -2.74. The molecule has 15 nitrogen and oxygen atoms in total. The number of aryl methyl sites for hydroxylation is 1. The molecule has 3 aromatic heterocycles. The highest BCUT2D eigenvalue weighted by atomic mass is 32.2. The van der Waals surface area contributed by atoms with Gasteiger partial charge in [0.1, 0.15) is 11.6 Å². The van der Waals surface area contributed by atoms with Crippen molar-refractivity contribution < 1.29 is 31.5 Å². The van der Waals surface area contributed by atoms with Crippen LogP contribution in [0, 0.1) is 24.0 Å². The minimum Gasteiger partial charge on any atom is -0.489 e. The molecule has 9 rings (SSSR count). The third-order valence-electron chi connectivity index (χ3n) is 12.6. The lowest BCUT2D eigenvalue weighted by molar-refractivity contribution is -0.134. The van der Waals surface area contributed by atoms with E-state index in [1.807, 2.05) is 24.8 Å². The summed E-state index contributed by atoms with van der Waals surface area (Å²) in [7, 11) is -3.77.